The van der Waals surface area contributed by atoms with Gasteiger partial charge in [-0.05, 0) is 0 Å². The molecule has 0 saturated carbocycles. The molecule has 5 heteroatoms. The second-order valence-corrected chi connectivity index (χ2v) is 12.8. The van der Waals surface area contributed by atoms with Crippen LogP contribution in [0.1, 0.15) is 6.92 Å². The zero-order valence-corrected chi connectivity index (χ0v) is 16.9. The second kappa shape index (κ2) is 8.64. The average molecular weight is 419 g/mol. The zero-order valence-electron chi connectivity index (χ0n) is 15.0. The number of carbonyl (C=O) groups excluding carboxylic acids is 1. The summed E-state index contributed by atoms with van der Waals surface area (Å²) in [4.78, 5) is 16.4. The van der Waals surface area contributed by atoms with Gasteiger partial charge in [-0.1, -0.05) is 0 Å². The molecule has 134 valence electrons. The van der Waals surface area contributed by atoms with E-state index in [9.17, 15) is 10.3 Å². The third-order valence-corrected chi connectivity index (χ3v) is 13.0. The molecule has 4 nitrogen and oxygen atoms in total. The molecule has 3 rings (SSSR count). The molecule has 0 aromatic heterocycles. The number of hydrogen-bond acceptors (Lipinski definition) is 2. The van der Waals surface area contributed by atoms with Crippen molar-refractivity contribution in [3.63, 3.8) is 0 Å². The van der Waals surface area contributed by atoms with Crippen molar-refractivity contribution < 1.29 is 14.3 Å². The monoisotopic (exact) mass is 419 g/mol. The Morgan fingerprint density at radius 3 is 1.48 bits per heavy atom. The number of hydrogen-bond donors (Lipinski definition) is 0. The van der Waals surface area contributed by atoms with E-state index in [2.05, 4.69) is 4.79 Å². The van der Waals surface area contributed by atoms with Crippen LogP contribution in [0.15, 0.2) is 91.0 Å². The van der Waals surface area contributed by atoms with Crippen molar-refractivity contribution in [2.24, 2.45) is 0 Å². The van der Waals surface area contributed by atoms with Gasteiger partial charge >= 0.3 is 161 Å². The maximum absolute atomic E-state index is 12.9. The van der Waals surface area contributed by atoms with Crippen molar-refractivity contribution in [1.29, 1.82) is 0 Å². The molecule has 0 N–H and O–H groups in total. The summed E-state index contributed by atoms with van der Waals surface area (Å²) in [5.41, 5.74) is 9.97. The van der Waals surface area contributed by atoms with Gasteiger partial charge < -0.3 is 0 Å². The number of benzene rings is 3. The van der Waals surface area contributed by atoms with E-state index in [0.29, 0.717) is 0 Å². The van der Waals surface area contributed by atoms with Gasteiger partial charge in [-0.2, -0.15) is 0 Å². The fraction of sp³-hybridized carbons (Fsp3) is 0.0909. The van der Waals surface area contributed by atoms with Crippen molar-refractivity contribution >= 4 is 37.1 Å². The van der Waals surface area contributed by atoms with Gasteiger partial charge in [0, 0.05) is 0 Å². The van der Waals surface area contributed by atoms with Crippen LogP contribution in [0.4, 0.5) is 0 Å². The Bertz CT molecular complexity index is 857. The van der Waals surface area contributed by atoms with E-state index in [4.69, 9.17) is 4.74 Å². The second-order valence-electron chi connectivity index (χ2n) is 5.82. The van der Waals surface area contributed by atoms with E-state index in [1.54, 1.807) is 6.92 Å². The van der Waals surface area contributed by atoms with Crippen molar-refractivity contribution in [2.45, 2.75) is 6.92 Å². The summed E-state index contributed by atoms with van der Waals surface area (Å²) in [6.07, 6.45) is 0. The molecule has 0 aliphatic rings. The number of carbonyl (C=O) groups is 1. The molecule has 27 heavy (non-hydrogen) atoms. The minimum absolute atomic E-state index is 0.0959. The molecule has 0 bridgehead atoms. The van der Waals surface area contributed by atoms with Crippen molar-refractivity contribution in [3.05, 3.63) is 96.5 Å². The van der Waals surface area contributed by atoms with Crippen LogP contribution in [0, 0.1) is 0 Å². The van der Waals surface area contributed by atoms with Gasteiger partial charge in [-0.25, -0.2) is 0 Å². The topological polar surface area (TPSA) is 62.7 Å². The first kappa shape index (κ1) is 18.8. The summed E-state index contributed by atoms with van der Waals surface area (Å²) >= 11 is -3.61. The zero-order chi connectivity index (χ0) is 19.1. The van der Waals surface area contributed by atoms with E-state index in [-0.39, 0.29) is 11.1 Å². The summed E-state index contributed by atoms with van der Waals surface area (Å²) < 4.78 is 8.32. The molecular weight excluding hydrogens is 399 g/mol. The third kappa shape index (κ3) is 3.50. The van der Waals surface area contributed by atoms with Gasteiger partial charge in [0.2, 0.25) is 0 Å². The number of ether oxygens (including phenoxy) is 1. The summed E-state index contributed by atoms with van der Waals surface area (Å²) in [7, 11) is 0. The first-order chi connectivity index (χ1) is 13.2. The normalized spacial score (nSPS) is 10.7. The number of esters is 1. The van der Waals surface area contributed by atoms with Gasteiger partial charge in [-0.3, -0.25) is 0 Å². The van der Waals surface area contributed by atoms with E-state index >= 15 is 0 Å². The van der Waals surface area contributed by atoms with Crippen molar-refractivity contribution in [3.8, 4) is 0 Å². The third-order valence-electron chi connectivity index (χ3n) is 4.30. The van der Waals surface area contributed by atoms with E-state index < -0.39 is 19.5 Å². The molecule has 0 spiro atoms. The molecule has 0 atom stereocenters. The quantitative estimate of drug-likeness (QED) is 0.202. The molecule has 0 amide bonds. The van der Waals surface area contributed by atoms with Gasteiger partial charge in [0.05, 0.1) is 0 Å². The molecule has 0 heterocycles. The van der Waals surface area contributed by atoms with Gasteiger partial charge in [0.1, 0.15) is 0 Å². The van der Waals surface area contributed by atoms with Gasteiger partial charge in [0.15, 0.2) is 0 Å². The van der Waals surface area contributed by atoms with Crippen LogP contribution in [0.5, 0.6) is 0 Å². The molecule has 0 radical (unpaired) electrons. The van der Waals surface area contributed by atoms with E-state index in [0.717, 1.165) is 13.1 Å². The first-order valence-corrected chi connectivity index (χ1v) is 12.5. The van der Waals surface area contributed by atoms with Crippen LogP contribution in [0.2, 0.25) is 0 Å². The summed E-state index contributed by atoms with van der Waals surface area (Å²) in [6.45, 7) is 1.96. The average Bonchev–Trinajstić information content (AvgIpc) is 2.74. The Morgan fingerprint density at radius 1 is 0.815 bits per heavy atom. The van der Waals surface area contributed by atoms with E-state index in [1.165, 1.54) is 0 Å². The Hall–Kier alpha value is -2.93. The summed E-state index contributed by atoms with van der Waals surface area (Å²) in [6, 6.07) is 29.4. The molecule has 0 fully saturated rings. The Balaban J connectivity index is 2.43. The molecule has 0 aliphatic heterocycles. The number of rotatable bonds is 6. The van der Waals surface area contributed by atoms with Crippen LogP contribution >= 0.6 is 0 Å². The first-order valence-electron chi connectivity index (χ1n) is 8.70. The standard InChI is InChI=1S/C22H20AsN2O2/c1-2-27-22(26)21(25-24)23(18-12-6-3-7-13-18,19-14-8-4-9-15-19)20-16-10-5-11-17-20/h3-17H,2H2,1H3/q+1. The molecule has 3 aromatic rings. The fourth-order valence-corrected chi connectivity index (χ4v) is 11.5. The summed E-state index contributed by atoms with van der Waals surface area (Å²) in [5.74, 6) is -0.580. The van der Waals surface area contributed by atoms with Crippen LogP contribution in [0.3, 0.4) is 0 Å². The Labute approximate surface area is 161 Å². The van der Waals surface area contributed by atoms with Gasteiger partial charge in [-0.15, -0.1) is 0 Å². The van der Waals surface area contributed by atoms with Crippen molar-refractivity contribution in [2.75, 3.05) is 6.61 Å². The molecule has 0 aliphatic carbocycles. The molecular formula is C22H20AsN2O2+. The molecule has 3 aromatic carbocycles. The van der Waals surface area contributed by atoms with Crippen LogP contribution in [0.25, 0.3) is 5.53 Å². The SMILES string of the molecule is CCOC(=O)C(=[N+]=[N-])[As+](c1ccccc1)(c1ccccc1)c1ccccc1. The molecule has 0 saturated heterocycles. The Kier molecular flexibility index (Phi) is 6.03. The fourth-order valence-electron chi connectivity index (χ4n) is 3.21. The molecule has 0 unspecified atom stereocenters. The van der Waals surface area contributed by atoms with Crippen LogP contribution < -0.4 is 13.1 Å². The van der Waals surface area contributed by atoms with Crippen LogP contribution in [-0.4, -0.2) is 35.4 Å². The van der Waals surface area contributed by atoms with Gasteiger partial charge in [0.25, 0.3) is 0 Å². The minimum atomic E-state index is -3.61. The predicted molar refractivity (Wildman–Crippen MR) is 109 cm³/mol. The predicted octanol–water partition coefficient (Wildman–Crippen LogP) is 1.93. The van der Waals surface area contributed by atoms with Crippen LogP contribution in [-0.2, 0) is 9.53 Å². The summed E-state index contributed by atoms with van der Waals surface area (Å²) in [5, 5.41) is 0. The van der Waals surface area contributed by atoms with E-state index in [1.807, 2.05) is 91.0 Å². The number of nitrogens with zero attached hydrogens (tertiary/aromatic N) is 2. The maximum atomic E-state index is 12.9. The Morgan fingerprint density at radius 2 is 1.19 bits per heavy atom. The van der Waals surface area contributed by atoms with Crippen molar-refractivity contribution in [1.82, 2.24) is 0 Å².